The molecule has 2 N–H and O–H groups in total. The van der Waals surface area contributed by atoms with Crippen molar-refractivity contribution in [1.29, 1.82) is 0 Å². The van der Waals surface area contributed by atoms with Crippen LogP contribution in [-0.4, -0.2) is 37.0 Å². The van der Waals surface area contributed by atoms with Gasteiger partial charge in [0.15, 0.2) is 5.78 Å². The van der Waals surface area contributed by atoms with Gasteiger partial charge in [0.05, 0.1) is 17.4 Å². The van der Waals surface area contributed by atoms with Gasteiger partial charge >= 0.3 is 5.97 Å². The predicted octanol–water partition coefficient (Wildman–Crippen LogP) is 4.29. The van der Waals surface area contributed by atoms with Gasteiger partial charge in [-0.3, -0.25) is 4.79 Å². The van der Waals surface area contributed by atoms with Crippen molar-refractivity contribution in [2.75, 3.05) is 0 Å². The molecule has 0 radical (unpaired) electrons. The molecule has 1 aromatic heterocycles. The molecule has 4 aliphatic carbocycles. The summed E-state index contributed by atoms with van der Waals surface area (Å²) in [5.41, 5.74) is 1.64. The molecule has 3 fully saturated rings. The third kappa shape index (κ3) is 3.05. The van der Waals surface area contributed by atoms with Crippen LogP contribution in [0, 0.1) is 29.1 Å². The van der Waals surface area contributed by atoms with Crippen LogP contribution in [0.2, 0.25) is 0 Å². The Labute approximate surface area is 198 Å². The SMILES string of the molecule is C[C@]12CCC3C4CCC(=O)C=C4CCC3C1CC[C@@]2(O)c1cn(-c2ccc(C(=O)O)cc2)nn1. The summed E-state index contributed by atoms with van der Waals surface area (Å²) in [7, 11) is 0. The summed E-state index contributed by atoms with van der Waals surface area (Å²) in [6, 6.07) is 6.51. The monoisotopic (exact) mass is 461 g/mol. The van der Waals surface area contributed by atoms with Crippen LogP contribution in [0.15, 0.2) is 42.1 Å². The van der Waals surface area contributed by atoms with Crippen LogP contribution < -0.4 is 0 Å². The highest BCUT2D eigenvalue weighted by atomic mass is 16.4. The average molecular weight is 462 g/mol. The highest BCUT2D eigenvalue weighted by Gasteiger charge is 2.63. The summed E-state index contributed by atoms with van der Waals surface area (Å²) in [4.78, 5) is 23.1. The largest absolute Gasteiger partial charge is 0.478 e. The van der Waals surface area contributed by atoms with Gasteiger partial charge in [-0.2, -0.15) is 0 Å². The predicted molar refractivity (Wildman–Crippen MR) is 124 cm³/mol. The summed E-state index contributed by atoms with van der Waals surface area (Å²) in [5.74, 6) is 1.52. The number of carbonyl (C=O) groups is 2. The van der Waals surface area contributed by atoms with Crippen LogP contribution in [-0.2, 0) is 10.4 Å². The summed E-state index contributed by atoms with van der Waals surface area (Å²) < 4.78 is 1.62. The van der Waals surface area contributed by atoms with Gasteiger partial charge in [-0.25, -0.2) is 9.48 Å². The topological polar surface area (TPSA) is 105 Å². The molecule has 4 unspecified atom stereocenters. The number of hydrogen-bond acceptors (Lipinski definition) is 5. The molecule has 3 saturated carbocycles. The summed E-state index contributed by atoms with van der Waals surface area (Å²) in [5, 5.41) is 29.9. The maximum Gasteiger partial charge on any atom is 0.335 e. The quantitative estimate of drug-likeness (QED) is 0.706. The number of fused-ring (bicyclic) bond motifs is 5. The molecule has 0 aliphatic heterocycles. The van der Waals surface area contributed by atoms with E-state index in [1.807, 2.05) is 12.3 Å². The lowest BCUT2D eigenvalue weighted by Gasteiger charge is -2.55. The fourth-order valence-corrected chi connectivity index (χ4v) is 7.95. The Hall–Kier alpha value is -2.80. The highest BCUT2D eigenvalue weighted by molar-refractivity contribution is 5.91. The number of aromatic carboxylic acids is 1. The number of rotatable bonds is 3. The zero-order valence-electron chi connectivity index (χ0n) is 19.5. The molecule has 1 heterocycles. The normalized spacial score (nSPS) is 36.9. The third-order valence-corrected chi connectivity index (χ3v) is 9.75. The zero-order chi connectivity index (χ0) is 23.7. The van der Waals surface area contributed by atoms with Gasteiger partial charge in [0.25, 0.3) is 0 Å². The number of ketones is 1. The van der Waals surface area contributed by atoms with Crippen molar-refractivity contribution in [3.8, 4) is 5.69 Å². The molecule has 0 saturated heterocycles. The third-order valence-electron chi connectivity index (χ3n) is 9.75. The van der Waals surface area contributed by atoms with E-state index in [2.05, 4.69) is 17.2 Å². The van der Waals surface area contributed by atoms with Crippen molar-refractivity contribution in [3.63, 3.8) is 0 Å². The summed E-state index contributed by atoms with van der Waals surface area (Å²) in [6.07, 6.45) is 11.3. The number of carboxylic acid groups (broad SMARTS) is 1. The minimum Gasteiger partial charge on any atom is -0.478 e. The first-order valence-corrected chi connectivity index (χ1v) is 12.5. The molecule has 6 rings (SSSR count). The number of carbonyl (C=O) groups excluding carboxylic acids is 1. The van der Waals surface area contributed by atoms with E-state index in [9.17, 15) is 14.7 Å². The Morgan fingerprint density at radius 3 is 2.62 bits per heavy atom. The maximum atomic E-state index is 12.1. The van der Waals surface area contributed by atoms with Crippen molar-refractivity contribution in [3.05, 3.63) is 53.4 Å². The van der Waals surface area contributed by atoms with E-state index >= 15 is 0 Å². The Balaban J connectivity index is 1.27. The van der Waals surface area contributed by atoms with Gasteiger partial charge < -0.3 is 10.2 Å². The summed E-state index contributed by atoms with van der Waals surface area (Å²) >= 11 is 0. The average Bonchev–Trinajstić information content (AvgIpc) is 3.43. The molecule has 2 aromatic rings. The lowest BCUT2D eigenvalue weighted by atomic mass is 9.50. The number of aliphatic hydroxyl groups is 1. The molecule has 0 spiro atoms. The lowest BCUT2D eigenvalue weighted by molar-refractivity contribution is -0.126. The molecule has 4 aliphatic rings. The lowest BCUT2D eigenvalue weighted by Crippen LogP contribution is -2.51. The van der Waals surface area contributed by atoms with Gasteiger partial charge in [-0.05, 0) is 99.0 Å². The molecule has 1 aromatic carbocycles. The van der Waals surface area contributed by atoms with E-state index in [1.165, 1.54) is 5.57 Å². The van der Waals surface area contributed by atoms with E-state index in [0.717, 1.165) is 38.5 Å². The summed E-state index contributed by atoms with van der Waals surface area (Å²) in [6.45, 7) is 2.25. The first-order chi connectivity index (χ1) is 16.3. The van der Waals surface area contributed by atoms with Gasteiger partial charge in [-0.1, -0.05) is 17.7 Å². The van der Waals surface area contributed by atoms with Crippen LogP contribution in [0.3, 0.4) is 0 Å². The second-order valence-electron chi connectivity index (χ2n) is 11.1. The Morgan fingerprint density at radius 1 is 1.06 bits per heavy atom. The standard InChI is InChI=1S/C27H31N3O4/c1-26-12-10-21-20-9-7-19(31)14-17(20)4-8-22(21)23(26)11-13-27(26,34)24-15-30(29-28-24)18-5-2-16(3-6-18)25(32)33/h2-3,5-6,14-15,20-23,34H,4,7-13H2,1H3,(H,32,33)/t20?,21?,22?,23?,26-,27+/m0/s1. The van der Waals surface area contributed by atoms with Gasteiger partial charge in [0, 0.05) is 11.8 Å². The second kappa shape index (κ2) is 7.60. The van der Waals surface area contributed by atoms with Crippen LogP contribution in [0.5, 0.6) is 0 Å². The van der Waals surface area contributed by atoms with Gasteiger partial charge in [0.2, 0.25) is 0 Å². The fraction of sp³-hybridized carbons (Fsp3) is 0.556. The van der Waals surface area contributed by atoms with E-state index < -0.39 is 11.6 Å². The number of benzene rings is 1. The number of carboxylic acids is 1. The Bertz CT molecular complexity index is 1180. The van der Waals surface area contributed by atoms with Crippen molar-refractivity contribution in [1.82, 2.24) is 15.0 Å². The molecule has 178 valence electrons. The molecule has 7 heteroatoms. The van der Waals surface area contributed by atoms with Crippen molar-refractivity contribution in [2.24, 2.45) is 29.1 Å². The van der Waals surface area contributed by atoms with Gasteiger partial charge in [-0.15, -0.1) is 5.10 Å². The smallest absolute Gasteiger partial charge is 0.335 e. The molecule has 6 atom stereocenters. The number of aromatic nitrogens is 3. The molecule has 0 bridgehead atoms. The molecular weight excluding hydrogens is 430 g/mol. The zero-order valence-corrected chi connectivity index (χ0v) is 19.5. The molecule has 34 heavy (non-hydrogen) atoms. The van der Waals surface area contributed by atoms with E-state index in [1.54, 1.807) is 28.9 Å². The van der Waals surface area contributed by atoms with Crippen LogP contribution in [0.25, 0.3) is 5.69 Å². The molecular formula is C27H31N3O4. The minimum absolute atomic E-state index is 0.221. The van der Waals surface area contributed by atoms with Crippen LogP contribution >= 0.6 is 0 Å². The van der Waals surface area contributed by atoms with Crippen molar-refractivity contribution >= 4 is 11.8 Å². The number of hydrogen-bond donors (Lipinski definition) is 2. The Morgan fingerprint density at radius 2 is 1.85 bits per heavy atom. The molecule has 0 amide bonds. The second-order valence-corrected chi connectivity index (χ2v) is 11.1. The number of nitrogens with zero attached hydrogens (tertiary/aromatic N) is 3. The maximum absolute atomic E-state index is 12.1. The van der Waals surface area contributed by atoms with Crippen molar-refractivity contribution < 1.29 is 19.8 Å². The van der Waals surface area contributed by atoms with E-state index in [0.29, 0.717) is 53.7 Å². The van der Waals surface area contributed by atoms with Crippen molar-refractivity contribution in [2.45, 2.75) is 63.9 Å². The van der Waals surface area contributed by atoms with E-state index in [4.69, 9.17) is 5.11 Å². The number of allylic oxidation sites excluding steroid dienone is 1. The van der Waals surface area contributed by atoms with Crippen LogP contribution in [0.1, 0.15) is 74.3 Å². The first-order valence-electron chi connectivity index (χ1n) is 12.5. The minimum atomic E-state index is -1.03. The van der Waals surface area contributed by atoms with E-state index in [-0.39, 0.29) is 11.0 Å². The highest BCUT2D eigenvalue weighted by Crippen LogP contribution is 2.67. The Kier molecular flexibility index (Phi) is 4.86. The molecule has 7 nitrogen and oxygen atoms in total. The van der Waals surface area contributed by atoms with Crippen LogP contribution in [0.4, 0.5) is 0 Å². The van der Waals surface area contributed by atoms with Gasteiger partial charge in [0.1, 0.15) is 11.3 Å². The first kappa shape index (κ1) is 21.7. The fourth-order valence-electron chi connectivity index (χ4n) is 7.95.